The minimum atomic E-state index is -1.74. The molecule has 2 amide bonds. The highest BCUT2D eigenvalue weighted by Crippen LogP contribution is 2.16. The smallest absolute Gasteiger partial charge is 0.475 e. The maximum absolute atomic E-state index is 12.4. The zero-order chi connectivity index (χ0) is 19.8. The summed E-state index contributed by atoms with van der Waals surface area (Å²) in [4.78, 5) is 24.7. The molecular formula is C19H23BN2O5. The van der Waals surface area contributed by atoms with Gasteiger partial charge in [-0.15, -0.1) is 0 Å². The quantitative estimate of drug-likeness (QED) is 0.410. The molecule has 27 heavy (non-hydrogen) atoms. The van der Waals surface area contributed by atoms with E-state index in [4.69, 9.17) is 4.74 Å². The highest BCUT2D eigenvalue weighted by molar-refractivity contribution is 6.43. The molecular weight excluding hydrogens is 347 g/mol. The molecule has 8 heteroatoms. The van der Waals surface area contributed by atoms with Gasteiger partial charge in [-0.2, -0.15) is 0 Å². The fraction of sp³-hybridized carbons (Fsp3) is 0.263. The minimum Gasteiger partial charge on any atom is -0.497 e. The lowest BCUT2D eigenvalue weighted by molar-refractivity contribution is -0.132. The first-order valence-electron chi connectivity index (χ1n) is 8.56. The van der Waals surface area contributed by atoms with Crippen molar-refractivity contribution < 1.29 is 24.4 Å². The predicted molar refractivity (Wildman–Crippen MR) is 103 cm³/mol. The van der Waals surface area contributed by atoms with Gasteiger partial charge >= 0.3 is 7.12 Å². The Morgan fingerprint density at radius 1 is 1.04 bits per heavy atom. The molecule has 0 aliphatic heterocycles. The Bertz CT molecular complexity index is 752. The number of methoxy groups -OCH3 is 1. The Hall–Kier alpha value is -2.84. The minimum absolute atomic E-state index is 0.233. The van der Waals surface area contributed by atoms with Gasteiger partial charge in [0.2, 0.25) is 11.8 Å². The lowest BCUT2D eigenvalue weighted by Crippen LogP contribution is -2.50. The van der Waals surface area contributed by atoms with Crippen molar-refractivity contribution in [3.8, 4) is 5.75 Å². The topological polar surface area (TPSA) is 108 Å². The number of benzene rings is 2. The monoisotopic (exact) mass is 370 g/mol. The maximum atomic E-state index is 12.4. The van der Waals surface area contributed by atoms with Crippen molar-refractivity contribution >= 4 is 24.6 Å². The van der Waals surface area contributed by atoms with Gasteiger partial charge in [-0.3, -0.25) is 9.59 Å². The van der Waals surface area contributed by atoms with Crippen LogP contribution in [0.4, 0.5) is 5.69 Å². The number of rotatable bonds is 8. The van der Waals surface area contributed by atoms with E-state index in [9.17, 15) is 19.6 Å². The van der Waals surface area contributed by atoms with Gasteiger partial charge in [0.1, 0.15) is 11.7 Å². The van der Waals surface area contributed by atoms with Crippen molar-refractivity contribution in [2.75, 3.05) is 12.4 Å². The largest absolute Gasteiger partial charge is 0.497 e. The summed E-state index contributed by atoms with van der Waals surface area (Å²) in [6, 6.07) is 15.8. The molecule has 0 radical (unpaired) electrons. The molecule has 0 aliphatic carbocycles. The predicted octanol–water partition coefficient (Wildman–Crippen LogP) is 1.01. The average molecular weight is 370 g/mol. The Labute approximate surface area is 158 Å². The second-order valence-electron chi connectivity index (χ2n) is 6.16. The van der Waals surface area contributed by atoms with Crippen LogP contribution in [0.2, 0.25) is 0 Å². The summed E-state index contributed by atoms with van der Waals surface area (Å²) in [5.74, 6) is -2.36. The van der Waals surface area contributed by atoms with Crippen LogP contribution in [0, 0.1) is 5.92 Å². The molecule has 0 aromatic heterocycles. The SMILES string of the molecule is COc1ccc(NC(=O)C(C)C(=O)NC(Cc2ccccc2)B(O)O)cc1. The number of ether oxygens (including phenoxy) is 1. The van der Waals surface area contributed by atoms with Gasteiger partial charge in [0.05, 0.1) is 13.1 Å². The highest BCUT2D eigenvalue weighted by atomic mass is 16.5. The number of nitrogens with one attached hydrogen (secondary N) is 2. The summed E-state index contributed by atoms with van der Waals surface area (Å²) in [6.07, 6.45) is 0.233. The molecule has 2 unspecified atom stereocenters. The van der Waals surface area contributed by atoms with Crippen LogP contribution in [0.3, 0.4) is 0 Å². The summed E-state index contributed by atoms with van der Waals surface area (Å²) in [7, 11) is -0.201. The molecule has 0 heterocycles. The fourth-order valence-electron chi connectivity index (χ4n) is 2.45. The van der Waals surface area contributed by atoms with Gasteiger partial charge < -0.3 is 25.4 Å². The normalized spacial score (nSPS) is 12.6. The molecule has 7 nitrogen and oxygen atoms in total. The number of carbonyl (C=O) groups is 2. The van der Waals surface area contributed by atoms with Gasteiger partial charge in [0.25, 0.3) is 0 Å². The zero-order valence-electron chi connectivity index (χ0n) is 15.3. The van der Waals surface area contributed by atoms with Gasteiger partial charge in [0, 0.05) is 5.69 Å². The van der Waals surface area contributed by atoms with Gasteiger partial charge in [-0.05, 0) is 43.2 Å². The van der Waals surface area contributed by atoms with Crippen molar-refractivity contribution in [2.45, 2.75) is 19.3 Å². The number of carbonyl (C=O) groups excluding carboxylic acids is 2. The van der Waals surface area contributed by atoms with E-state index in [1.807, 2.05) is 30.3 Å². The number of anilines is 1. The Morgan fingerprint density at radius 3 is 2.22 bits per heavy atom. The molecule has 0 bridgehead atoms. The van der Waals surface area contributed by atoms with Gasteiger partial charge in [-0.25, -0.2) is 0 Å². The third-order valence-corrected chi connectivity index (χ3v) is 4.13. The van der Waals surface area contributed by atoms with Gasteiger partial charge in [-0.1, -0.05) is 30.3 Å². The van der Waals surface area contributed by atoms with Crippen LogP contribution in [0.5, 0.6) is 5.75 Å². The van der Waals surface area contributed by atoms with Crippen LogP contribution < -0.4 is 15.4 Å². The number of hydrogen-bond donors (Lipinski definition) is 4. The van der Waals surface area contributed by atoms with E-state index in [-0.39, 0.29) is 6.42 Å². The number of hydrogen-bond acceptors (Lipinski definition) is 5. The van der Waals surface area contributed by atoms with Crippen LogP contribution in [0.25, 0.3) is 0 Å². The van der Waals surface area contributed by atoms with E-state index < -0.39 is 30.8 Å². The van der Waals surface area contributed by atoms with Crippen molar-refractivity contribution in [1.82, 2.24) is 5.32 Å². The summed E-state index contributed by atoms with van der Waals surface area (Å²) >= 11 is 0. The molecule has 2 aromatic rings. The zero-order valence-corrected chi connectivity index (χ0v) is 15.3. The van der Waals surface area contributed by atoms with E-state index in [1.54, 1.807) is 31.4 Å². The first-order chi connectivity index (χ1) is 12.9. The summed E-state index contributed by atoms with van der Waals surface area (Å²) in [5.41, 5.74) is 1.37. The molecule has 0 saturated heterocycles. The average Bonchev–Trinajstić information content (AvgIpc) is 2.68. The molecule has 0 spiro atoms. The Morgan fingerprint density at radius 2 is 1.67 bits per heavy atom. The van der Waals surface area contributed by atoms with Crippen LogP contribution >= 0.6 is 0 Å². The third kappa shape index (κ3) is 6.12. The van der Waals surface area contributed by atoms with E-state index >= 15 is 0 Å². The van der Waals surface area contributed by atoms with E-state index in [2.05, 4.69) is 10.6 Å². The van der Waals surface area contributed by atoms with E-state index in [0.717, 1.165) is 5.56 Å². The van der Waals surface area contributed by atoms with Crippen molar-refractivity contribution in [3.05, 3.63) is 60.2 Å². The Kier molecular flexibility index (Phi) is 7.39. The molecule has 0 fully saturated rings. The molecule has 2 atom stereocenters. The lowest BCUT2D eigenvalue weighted by Gasteiger charge is -2.20. The lowest BCUT2D eigenvalue weighted by atomic mass is 9.75. The van der Waals surface area contributed by atoms with Crippen LogP contribution in [-0.4, -0.2) is 42.0 Å². The number of amides is 2. The maximum Gasteiger partial charge on any atom is 0.475 e. The van der Waals surface area contributed by atoms with Crippen LogP contribution in [0.15, 0.2) is 54.6 Å². The van der Waals surface area contributed by atoms with Crippen molar-refractivity contribution in [2.24, 2.45) is 5.92 Å². The molecule has 2 rings (SSSR count). The highest BCUT2D eigenvalue weighted by Gasteiger charge is 2.29. The van der Waals surface area contributed by atoms with E-state index in [1.165, 1.54) is 6.92 Å². The molecule has 0 saturated carbocycles. The molecule has 4 N–H and O–H groups in total. The second-order valence-corrected chi connectivity index (χ2v) is 6.16. The fourth-order valence-corrected chi connectivity index (χ4v) is 2.45. The molecule has 0 aliphatic rings. The van der Waals surface area contributed by atoms with Crippen molar-refractivity contribution in [3.63, 3.8) is 0 Å². The van der Waals surface area contributed by atoms with Gasteiger partial charge in [0.15, 0.2) is 0 Å². The van der Waals surface area contributed by atoms with E-state index in [0.29, 0.717) is 11.4 Å². The van der Waals surface area contributed by atoms with Crippen LogP contribution in [0.1, 0.15) is 12.5 Å². The first-order valence-corrected chi connectivity index (χ1v) is 8.56. The van der Waals surface area contributed by atoms with Crippen molar-refractivity contribution in [1.29, 1.82) is 0 Å². The summed E-state index contributed by atoms with van der Waals surface area (Å²) < 4.78 is 5.05. The third-order valence-electron chi connectivity index (χ3n) is 4.13. The summed E-state index contributed by atoms with van der Waals surface area (Å²) in [6.45, 7) is 1.46. The first kappa shape index (κ1) is 20.5. The standard InChI is InChI=1S/C19H23BN2O5/c1-13(18(23)21-15-8-10-16(27-2)11-9-15)19(24)22-17(20(25)26)12-14-6-4-3-5-7-14/h3-11,13,17,25-26H,12H2,1-2H3,(H,21,23)(H,22,24). The molecule has 142 valence electrons. The Balaban J connectivity index is 1.95. The summed E-state index contributed by atoms with van der Waals surface area (Å²) in [5, 5.41) is 24.3. The molecule has 2 aromatic carbocycles. The second kappa shape index (κ2) is 9.75. The van der Waals surface area contributed by atoms with Crippen LogP contribution in [-0.2, 0) is 16.0 Å².